The monoisotopic (exact) mass is 304 g/mol. The second-order valence-electron chi connectivity index (χ2n) is 4.83. The van der Waals surface area contributed by atoms with Crippen LogP contribution in [0.5, 0.6) is 11.5 Å². The smallest absolute Gasteiger partial charge is 0.311 e. The number of hydrogen-bond donors (Lipinski definition) is 1. The van der Waals surface area contributed by atoms with Crippen LogP contribution in [0.15, 0.2) is 42.5 Å². The lowest BCUT2D eigenvalue weighted by Gasteiger charge is -2.16. The molecule has 0 amide bonds. The summed E-state index contributed by atoms with van der Waals surface area (Å²) in [6.45, 7) is 0. The summed E-state index contributed by atoms with van der Waals surface area (Å²) in [6.07, 6.45) is 0.128. The van der Waals surface area contributed by atoms with Crippen molar-refractivity contribution in [3.8, 4) is 11.5 Å². The van der Waals surface area contributed by atoms with Crippen LogP contribution >= 0.6 is 0 Å². The third kappa shape index (κ3) is 3.55. The van der Waals surface area contributed by atoms with E-state index in [0.29, 0.717) is 22.6 Å². The molecule has 0 spiro atoms. The number of aliphatic carboxylic acids is 1. The van der Waals surface area contributed by atoms with E-state index in [1.165, 1.54) is 32.4 Å². The van der Waals surface area contributed by atoms with Gasteiger partial charge in [0, 0.05) is 0 Å². The maximum atomic E-state index is 13.4. The zero-order valence-electron chi connectivity index (χ0n) is 12.4. The maximum absolute atomic E-state index is 13.4. The van der Waals surface area contributed by atoms with E-state index in [1.807, 2.05) is 0 Å². The number of carboxylic acid groups (broad SMARTS) is 1. The lowest BCUT2D eigenvalue weighted by Crippen LogP contribution is -2.15. The molecular formula is C17H17FO4. The molecule has 0 heterocycles. The number of halogens is 1. The quantitative estimate of drug-likeness (QED) is 0.890. The third-order valence-electron chi connectivity index (χ3n) is 3.46. The van der Waals surface area contributed by atoms with E-state index in [2.05, 4.69) is 0 Å². The standard InChI is InChI=1S/C17H17FO4/c1-21-14-5-3-4-11(9-14)15(17(19)20)10-12-8-13(18)6-7-16(12)22-2/h3-9,15H,10H2,1-2H3,(H,19,20). The van der Waals surface area contributed by atoms with Gasteiger partial charge in [-0.1, -0.05) is 12.1 Å². The number of benzene rings is 2. The Morgan fingerprint density at radius 2 is 1.95 bits per heavy atom. The second kappa shape index (κ2) is 6.93. The van der Waals surface area contributed by atoms with Gasteiger partial charge in [-0.05, 0) is 47.9 Å². The van der Waals surface area contributed by atoms with Crippen LogP contribution in [0.3, 0.4) is 0 Å². The predicted molar refractivity (Wildman–Crippen MR) is 80.0 cm³/mol. The largest absolute Gasteiger partial charge is 0.497 e. The van der Waals surface area contributed by atoms with Gasteiger partial charge >= 0.3 is 5.97 Å². The number of hydrogen-bond acceptors (Lipinski definition) is 3. The molecule has 0 bridgehead atoms. The Balaban J connectivity index is 2.37. The van der Waals surface area contributed by atoms with Gasteiger partial charge in [-0.2, -0.15) is 0 Å². The van der Waals surface area contributed by atoms with Crippen LogP contribution in [0.4, 0.5) is 4.39 Å². The molecule has 0 saturated carbocycles. The van der Waals surface area contributed by atoms with Crippen molar-refractivity contribution >= 4 is 5.97 Å². The molecule has 0 aliphatic carbocycles. The van der Waals surface area contributed by atoms with E-state index in [0.717, 1.165) is 0 Å². The van der Waals surface area contributed by atoms with Crippen molar-refractivity contribution in [1.29, 1.82) is 0 Å². The van der Waals surface area contributed by atoms with Gasteiger partial charge < -0.3 is 14.6 Å². The van der Waals surface area contributed by atoms with Gasteiger partial charge in [0.2, 0.25) is 0 Å². The Labute approximate surface area is 128 Å². The number of rotatable bonds is 6. The van der Waals surface area contributed by atoms with Gasteiger partial charge in [-0.3, -0.25) is 4.79 Å². The first-order valence-electron chi connectivity index (χ1n) is 6.74. The van der Waals surface area contributed by atoms with Gasteiger partial charge in [0.05, 0.1) is 20.1 Å². The number of carbonyl (C=O) groups is 1. The molecule has 4 nitrogen and oxygen atoms in total. The fraction of sp³-hybridized carbons (Fsp3) is 0.235. The Hall–Kier alpha value is -2.56. The Morgan fingerprint density at radius 3 is 2.59 bits per heavy atom. The summed E-state index contributed by atoms with van der Waals surface area (Å²) in [5.41, 5.74) is 1.11. The number of methoxy groups -OCH3 is 2. The van der Waals surface area contributed by atoms with Crippen molar-refractivity contribution in [2.75, 3.05) is 14.2 Å². The lowest BCUT2D eigenvalue weighted by atomic mass is 9.91. The molecule has 0 aliphatic rings. The Bertz CT molecular complexity index is 669. The minimum absolute atomic E-state index is 0.128. The zero-order valence-corrected chi connectivity index (χ0v) is 12.4. The summed E-state index contributed by atoms with van der Waals surface area (Å²) in [7, 11) is 2.99. The van der Waals surface area contributed by atoms with Gasteiger partial charge in [-0.15, -0.1) is 0 Å². The SMILES string of the molecule is COc1cccc(C(Cc2cc(F)ccc2OC)C(=O)O)c1. The Kier molecular flexibility index (Phi) is 4.99. The van der Waals surface area contributed by atoms with Crippen molar-refractivity contribution in [2.24, 2.45) is 0 Å². The van der Waals surface area contributed by atoms with Crippen LogP contribution in [-0.2, 0) is 11.2 Å². The summed E-state index contributed by atoms with van der Waals surface area (Å²) in [6, 6.07) is 10.9. The van der Waals surface area contributed by atoms with Crippen LogP contribution in [0.25, 0.3) is 0 Å². The molecule has 0 saturated heterocycles. The van der Waals surface area contributed by atoms with Crippen LogP contribution in [-0.4, -0.2) is 25.3 Å². The van der Waals surface area contributed by atoms with Crippen molar-refractivity contribution in [3.63, 3.8) is 0 Å². The van der Waals surface area contributed by atoms with Crippen molar-refractivity contribution in [3.05, 3.63) is 59.4 Å². The number of ether oxygens (including phenoxy) is 2. The topological polar surface area (TPSA) is 55.8 Å². The summed E-state index contributed by atoms with van der Waals surface area (Å²) >= 11 is 0. The van der Waals surface area contributed by atoms with E-state index >= 15 is 0 Å². The molecule has 116 valence electrons. The molecule has 0 aromatic heterocycles. The highest BCUT2D eigenvalue weighted by atomic mass is 19.1. The lowest BCUT2D eigenvalue weighted by molar-refractivity contribution is -0.138. The molecule has 1 unspecified atom stereocenters. The first-order valence-corrected chi connectivity index (χ1v) is 6.74. The maximum Gasteiger partial charge on any atom is 0.311 e. The van der Waals surface area contributed by atoms with E-state index < -0.39 is 17.7 Å². The van der Waals surface area contributed by atoms with Crippen LogP contribution in [0.2, 0.25) is 0 Å². The fourth-order valence-corrected chi connectivity index (χ4v) is 2.33. The van der Waals surface area contributed by atoms with E-state index in [4.69, 9.17) is 9.47 Å². The average molecular weight is 304 g/mol. The molecule has 2 aromatic carbocycles. The third-order valence-corrected chi connectivity index (χ3v) is 3.46. The van der Waals surface area contributed by atoms with Crippen LogP contribution < -0.4 is 9.47 Å². The van der Waals surface area contributed by atoms with E-state index in [9.17, 15) is 14.3 Å². The second-order valence-corrected chi connectivity index (χ2v) is 4.83. The fourth-order valence-electron chi connectivity index (χ4n) is 2.33. The molecule has 1 atom stereocenters. The molecule has 1 N–H and O–H groups in total. The summed E-state index contributed by atoms with van der Waals surface area (Å²) in [5, 5.41) is 9.51. The highest BCUT2D eigenvalue weighted by Gasteiger charge is 2.22. The van der Waals surface area contributed by atoms with Gasteiger partial charge in [0.15, 0.2) is 0 Å². The number of carboxylic acids is 1. The highest BCUT2D eigenvalue weighted by Crippen LogP contribution is 2.29. The molecule has 0 fully saturated rings. The average Bonchev–Trinajstić information content (AvgIpc) is 2.52. The summed E-state index contributed by atoms with van der Waals surface area (Å²) < 4.78 is 23.7. The van der Waals surface area contributed by atoms with E-state index in [1.54, 1.807) is 24.3 Å². The molecule has 0 radical (unpaired) electrons. The molecule has 0 aliphatic heterocycles. The normalized spacial score (nSPS) is 11.8. The summed E-state index contributed by atoms with van der Waals surface area (Å²) in [4.78, 5) is 11.6. The predicted octanol–water partition coefficient (Wildman–Crippen LogP) is 3.25. The zero-order chi connectivity index (χ0) is 16.1. The van der Waals surface area contributed by atoms with Crippen molar-refractivity contribution in [2.45, 2.75) is 12.3 Å². The first kappa shape index (κ1) is 15.8. The molecule has 5 heteroatoms. The molecule has 22 heavy (non-hydrogen) atoms. The highest BCUT2D eigenvalue weighted by molar-refractivity contribution is 5.77. The van der Waals surface area contributed by atoms with E-state index in [-0.39, 0.29) is 6.42 Å². The van der Waals surface area contributed by atoms with Crippen LogP contribution in [0, 0.1) is 5.82 Å². The first-order chi connectivity index (χ1) is 10.5. The van der Waals surface area contributed by atoms with Crippen molar-refractivity contribution in [1.82, 2.24) is 0 Å². The van der Waals surface area contributed by atoms with Gasteiger partial charge in [0.1, 0.15) is 17.3 Å². The van der Waals surface area contributed by atoms with Crippen LogP contribution in [0.1, 0.15) is 17.0 Å². The molecule has 2 rings (SSSR count). The summed E-state index contributed by atoms with van der Waals surface area (Å²) in [5.74, 6) is -1.18. The minimum Gasteiger partial charge on any atom is -0.497 e. The minimum atomic E-state index is -0.987. The van der Waals surface area contributed by atoms with Gasteiger partial charge in [-0.25, -0.2) is 4.39 Å². The molecule has 2 aromatic rings. The molecular weight excluding hydrogens is 287 g/mol. The van der Waals surface area contributed by atoms with Gasteiger partial charge in [0.25, 0.3) is 0 Å². The van der Waals surface area contributed by atoms with Crippen molar-refractivity contribution < 1.29 is 23.8 Å². The Morgan fingerprint density at radius 1 is 1.18 bits per heavy atom.